The van der Waals surface area contributed by atoms with Crippen molar-refractivity contribution in [1.82, 2.24) is 10.2 Å². The molecule has 1 aromatic heterocycles. The topological polar surface area (TPSA) is 72.0 Å². The first kappa shape index (κ1) is 16.4. The lowest BCUT2D eigenvalue weighted by Crippen LogP contribution is -2.28. The second-order valence-electron chi connectivity index (χ2n) is 5.94. The van der Waals surface area contributed by atoms with Crippen LogP contribution < -0.4 is 5.73 Å². The van der Waals surface area contributed by atoms with Gasteiger partial charge in [-0.25, -0.2) is 0 Å². The predicted octanol–water partition coefficient (Wildman–Crippen LogP) is 4.07. The van der Waals surface area contributed by atoms with Gasteiger partial charge in [0.05, 0.1) is 0 Å². The van der Waals surface area contributed by atoms with Crippen LogP contribution in [0, 0.1) is 0 Å². The third-order valence-corrected chi connectivity index (χ3v) is 5.37. The van der Waals surface area contributed by atoms with Crippen molar-refractivity contribution in [2.45, 2.75) is 5.60 Å². The first-order valence-electron chi connectivity index (χ1n) is 8.22. The summed E-state index contributed by atoms with van der Waals surface area (Å²) in [7, 11) is 0. The smallest absolute Gasteiger partial charge is 0.168 e. The lowest BCUT2D eigenvalue weighted by Gasteiger charge is -2.26. The molecule has 4 aromatic rings. The Hall–Kier alpha value is -3.02. The molecule has 0 fully saturated rings. The van der Waals surface area contributed by atoms with Crippen molar-refractivity contribution >= 4 is 17.0 Å². The molecule has 0 aliphatic heterocycles. The maximum atomic E-state index is 11.7. The maximum absolute atomic E-state index is 11.7. The number of nitrogen functional groups attached to an aromatic ring is 1. The van der Waals surface area contributed by atoms with Crippen molar-refractivity contribution in [2.75, 3.05) is 5.73 Å². The summed E-state index contributed by atoms with van der Waals surface area (Å²) in [6, 6.07) is 26.6. The molecule has 0 bridgehead atoms. The number of para-hydroxylation sites is 1. The van der Waals surface area contributed by atoms with Crippen LogP contribution in [0.2, 0.25) is 0 Å². The van der Waals surface area contributed by atoms with Crippen molar-refractivity contribution in [3.63, 3.8) is 0 Å². The van der Waals surface area contributed by atoms with Crippen LogP contribution in [0.5, 0.6) is 0 Å². The van der Waals surface area contributed by atoms with Crippen molar-refractivity contribution in [2.24, 2.45) is 0 Å². The van der Waals surface area contributed by atoms with Crippen LogP contribution in [0.4, 0.5) is 5.69 Å². The molecule has 0 unspecified atom stereocenters. The van der Waals surface area contributed by atoms with E-state index >= 15 is 0 Å². The first-order valence-corrected chi connectivity index (χ1v) is 9.03. The third kappa shape index (κ3) is 2.77. The number of aromatic nitrogens is 2. The molecule has 0 radical (unpaired) electrons. The summed E-state index contributed by atoms with van der Waals surface area (Å²) >= 11 is 1.34. The molecule has 26 heavy (non-hydrogen) atoms. The van der Waals surface area contributed by atoms with Gasteiger partial charge < -0.3 is 10.8 Å². The zero-order valence-corrected chi connectivity index (χ0v) is 14.7. The minimum Gasteiger partial charge on any atom is -0.398 e. The fourth-order valence-electron chi connectivity index (χ4n) is 2.94. The Morgan fingerprint density at radius 1 is 0.731 bits per heavy atom. The molecular formula is C21H17N3OS. The summed E-state index contributed by atoms with van der Waals surface area (Å²) in [4.78, 5) is 0. The van der Waals surface area contributed by atoms with Crippen LogP contribution in [0.3, 0.4) is 0 Å². The summed E-state index contributed by atoms with van der Waals surface area (Å²) in [5.74, 6) is 0. The lowest BCUT2D eigenvalue weighted by molar-refractivity contribution is 0.124. The number of nitrogens with two attached hydrogens (primary N) is 1. The van der Waals surface area contributed by atoms with Crippen molar-refractivity contribution in [3.05, 3.63) is 101 Å². The van der Waals surface area contributed by atoms with E-state index in [1.807, 2.05) is 84.9 Å². The van der Waals surface area contributed by atoms with Gasteiger partial charge in [-0.15, -0.1) is 10.2 Å². The van der Waals surface area contributed by atoms with E-state index in [4.69, 9.17) is 5.73 Å². The lowest BCUT2D eigenvalue weighted by atomic mass is 9.87. The van der Waals surface area contributed by atoms with Crippen molar-refractivity contribution < 1.29 is 5.11 Å². The highest BCUT2D eigenvalue weighted by molar-refractivity contribution is 7.14. The Balaban J connectivity index is 1.88. The summed E-state index contributed by atoms with van der Waals surface area (Å²) < 4.78 is 0. The number of anilines is 1. The molecule has 3 N–H and O–H groups in total. The number of nitrogens with zero attached hydrogens (tertiary/aromatic N) is 2. The Morgan fingerprint density at radius 3 is 1.85 bits per heavy atom. The third-order valence-electron chi connectivity index (χ3n) is 4.31. The number of benzene rings is 3. The van der Waals surface area contributed by atoms with Crippen LogP contribution in [-0.2, 0) is 5.60 Å². The molecule has 0 atom stereocenters. The standard InChI is InChI=1S/C21H17N3OS/c22-18-14-8-7-13-17(18)19-23-24-20(26-19)21(25,15-9-3-1-4-10-15)16-11-5-2-6-12-16/h1-14,25H,22H2. The van der Waals surface area contributed by atoms with E-state index in [1.54, 1.807) is 0 Å². The van der Waals surface area contributed by atoms with Crippen molar-refractivity contribution in [1.29, 1.82) is 0 Å². The van der Waals surface area contributed by atoms with Crippen LogP contribution >= 0.6 is 11.3 Å². The van der Waals surface area contributed by atoms with Gasteiger partial charge in [0.25, 0.3) is 0 Å². The Labute approximate surface area is 155 Å². The predicted molar refractivity (Wildman–Crippen MR) is 105 cm³/mol. The molecule has 0 aliphatic rings. The SMILES string of the molecule is Nc1ccccc1-c1nnc(C(O)(c2ccccc2)c2ccccc2)s1. The average Bonchev–Trinajstić information content (AvgIpc) is 3.19. The van der Waals surface area contributed by atoms with Crippen molar-refractivity contribution in [3.8, 4) is 10.6 Å². The van der Waals surface area contributed by atoms with Gasteiger partial charge in [0.1, 0.15) is 5.01 Å². The molecule has 5 heteroatoms. The normalized spacial score (nSPS) is 11.4. The molecule has 3 aromatic carbocycles. The minimum absolute atomic E-state index is 0.508. The highest BCUT2D eigenvalue weighted by Gasteiger charge is 2.37. The van der Waals surface area contributed by atoms with E-state index in [2.05, 4.69) is 10.2 Å². The first-order chi connectivity index (χ1) is 12.7. The second-order valence-corrected chi connectivity index (χ2v) is 6.92. The Bertz CT molecular complexity index is 976. The molecule has 4 nitrogen and oxygen atoms in total. The molecule has 128 valence electrons. The molecule has 4 rings (SSSR count). The van der Waals surface area contributed by atoms with Crippen LogP contribution in [0.15, 0.2) is 84.9 Å². The molecule has 1 heterocycles. The van der Waals surface area contributed by atoms with Crippen LogP contribution in [0.1, 0.15) is 16.1 Å². The van der Waals surface area contributed by atoms with Crippen LogP contribution in [-0.4, -0.2) is 15.3 Å². The zero-order chi connectivity index (χ0) is 18.0. The summed E-state index contributed by atoms with van der Waals surface area (Å²) in [6.45, 7) is 0. The zero-order valence-electron chi connectivity index (χ0n) is 13.9. The van der Waals surface area contributed by atoms with Gasteiger partial charge in [-0.05, 0) is 23.3 Å². The fraction of sp³-hybridized carbons (Fsp3) is 0.0476. The summed E-state index contributed by atoms with van der Waals surface area (Å²) in [5, 5.41) is 21.5. The van der Waals surface area contributed by atoms with Gasteiger partial charge in [0.15, 0.2) is 10.6 Å². The number of rotatable bonds is 4. The van der Waals surface area contributed by atoms with E-state index in [9.17, 15) is 5.11 Å². The van der Waals surface area contributed by atoms with E-state index in [1.165, 1.54) is 11.3 Å². The fourth-order valence-corrected chi connectivity index (χ4v) is 3.97. The quantitative estimate of drug-likeness (QED) is 0.539. The van der Waals surface area contributed by atoms with Gasteiger partial charge in [0.2, 0.25) is 0 Å². The van der Waals surface area contributed by atoms with E-state index in [-0.39, 0.29) is 0 Å². The van der Waals surface area contributed by atoms with Gasteiger partial charge >= 0.3 is 0 Å². The van der Waals surface area contributed by atoms with E-state index in [0.29, 0.717) is 15.7 Å². The second kappa shape index (κ2) is 6.71. The molecule has 0 amide bonds. The average molecular weight is 359 g/mol. The monoisotopic (exact) mass is 359 g/mol. The number of hydrogen-bond acceptors (Lipinski definition) is 5. The van der Waals surface area contributed by atoms with Gasteiger partial charge in [-0.1, -0.05) is 84.1 Å². The van der Waals surface area contributed by atoms with Gasteiger partial charge in [-0.2, -0.15) is 0 Å². The summed E-state index contributed by atoms with van der Waals surface area (Å²) in [6.07, 6.45) is 0. The Kier molecular flexibility index (Phi) is 4.24. The molecular weight excluding hydrogens is 342 g/mol. The molecule has 0 saturated heterocycles. The largest absolute Gasteiger partial charge is 0.398 e. The molecule has 0 saturated carbocycles. The highest BCUT2D eigenvalue weighted by atomic mass is 32.1. The van der Waals surface area contributed by atoms with Gasteiger partial charge in [0, 0.05) is 11.3 Å². The Morgan fingerprint density at radius 2 is 1.27 bits per heavy atom. The van der Waals surface area contributed by atoms with E-state index < -0.39 is 5.60 Å². The van der Waals surface area contributed by atoms with Gasteiger partial charge in [-0.3, -0.25) is 0 Å². The molecule has 0 spiro atoms. The molecule has 0 aliphatic carbocycles. The number of aliphatic hydroxyl groups is 1. The highest BCUT2D eigenvalue weighted by Crippen LogP contribution is 2.40. The summed E-state index contributed by atoms with van der Waals surface area (Å²) in [5.41, 5.74) is 7.64. The van der Waals surface area contributed by atoms with E-state index in [0.717, 1.165) is 16.7 Å². The number of hydrogen-bond donors (Lipinski definition) is 2. The minimum atomic E-state index is -1.37. The maximum Gasteiger partial charge on any atom is 0.168 e. The van der Waals surface area contributed by atoms with Crippen LogP contribution in [0.25, 0.3) is 10.6 Å².